The third-order valence-corrected chi connectivity index (χ3v) is 6.10. The lowest BCUT2D eigenvalue weighted by atomic mass is 10.0. The topological polar surface area (TPSA) is 56.2 Å². The molecule has 5 nitrogen and oxygen atoms in total. The first-order valence-corrected chi connectivity index (χ1v) is 10.8. The number of carbonyl (C=O) groups is 1. The second-order valence-electron chi connectivity index (χ2n) is 7.54. The molecule has 1 aliphatic rings. The van der Waals surface area contributed by atoms with Crippen molar-refractivity contribution in [3.8, 4) is 11.4 Å². The number of hydrogen-bond acceptors (Lipinski definition) is 4. The van der Waals surface area contributed by atoms with Crippen LogP contribution in [0.25, 0.3) is 5.69 Å². The van der Waals surface area contributed by atoms with Crippen LogP contribution in [-0.2, 0) is 4.79 Å². The molecule has 2 heterocycles. The summed E-state index contributed by atoms with van der Waals surface area (Å²) in [5.74, 6) is 1.95. The maximum atomic E-state index is 12.5. The van der Waals surface area contributed by atoms with Crippen LogP contribution < -0.4 is 10.1 Å². The van der Waals surface area contributed by atoms with Gasteiger partial charge in [0.05, 0.1) is 28.5 Å². The summed E-state index contributed by atoms with van der Waals surface area (Å²) in [7, 11) is 0. The van der Waals surface area contributed by atoms with E-state index < -0.39 is 0 Å². The van der Waals surface area contributed by atoms with Crippen LogP contribution in [0.15, 0.2) is 48.5 Å². The minimum Gasteiger partial charge on any atom is -0.491 e. The third-order valence-electron chi connectivity index (χ3n) is 4.85. The highest BCUT2D eigenvalue weighted by atomic mass is 32.2. The molecule has 150 valence electrons. The van der Waals surface area contributed by atoms with E-state index in [4.69, 9.17) is 9.84 Å². The van der Waals surface area contributed by atoms with Gasteiger partial charge in [0.1, 0.15) is 11.6 Å². The molecule has 1 aromatic heterocycles. The molecule has 0 aliphatic carbocycles. The Morgan fingerprint density at radius 3 is 2.59 bits per heavy atom. The number of rotatable bonds is 4. The minimum atomic E-state index is -0.0434. The van der Waals surface area contributed by atoms with Crippen molar-refractivity contribution in [1.29, 1.82) is 0 Å². The summed E-state index contributed by atoms with van der Waals surface area (Å²) in [6, 6.07) is 16.2. The van der Waals surface area contributed by atoms with Gasteiger partial charge in [-0.25, -0.2) is 4.68 Å². The number of para-hydroxylation sites is 1. The SMILES string of the molecule is Cc1ccc(-n2nc(C)c3c2NC(=O)CSC3c2ccccc2OC(C)C)cc1. The van der Waals surface area contributed by atoms with E-state index >= 15 is 0 Å². The Morgan fingerprint density at radius 1 is 1.14 bits per heavy atom. The number of thioether (sulfide) groups is 1. The molecule has 1 atom stereocenters. The van der Waals surface area contributed by atoms with Gasteiger partial charge in [0.25, 0.3) is 0 Å². The Balaban J connectivity index is 1.87. The Hall–Kier alpha value is -2.73. The summed E-state index contributed by atoms with van der Waals surface area (Å²) in [5.41, 5.74) is 5.11. The Labute approximate surface area is 175 Å². The van der Waals surface area contributed by atoms with Crippen LogP contribution in [-0.4, -0.2) is 27.5 Å². The standard InChI is InChI=1S/C23H25N3O2S/c1-14(2)28-19-8-6-5-7-18(19)22-21-16(4)25-26(17-11-9-15(3)10-12-17)23(21)24-20(27)13-29-22/h5-12,14,22H,13H2,1-4H3,(H,24,27). The Morgan fingerprint density at radius 2 is 1.86 bits per heavy atom. The van der Waals surface area contributed by atoms with Crippen LogP contribution in [0, 0.1) is 13.8 Å². The number of nitrogens with one attached hydrogen (secondary N) is 1. The summed E-state index contributed by atoms with van der Waals surface area (Å²) in [4.78, 5) is 12.5. The quantitative estimate of drug-likeness (QED) is 0.657. The summed E-state index contributed by atoms with van der Waals surface area (Å²) < 4.78 is 7.92. The van der Waals surface area contributed by atoms with E-state index in [-0.39, 0.29) is 17.3 Å². The molecule has 0 saturated carbocycles. The van der Waals surface area contributed by atoms with Crippen LogP contribution in [0.1, 0.15) is 41.5 Å². The molecular formula is C23H25N3O2S. The fourth-order valence-corrected chi connectivity index (χ4v) is 4.77. The van der Waals surface area contributed by atoms with E-state index in [1.165, 1.54) is 5.56 Å². The number of aromatic nitrogens is 2. The minimum absolute atomic E-state index is 0.0192. The van der Waals surface area contributed by atoms with E-state index in [0.29, 0.717) is 5.75 Å². The molecule has 4 rings (SSSR count). The van der Waals surface area contributed by atoms with Crippen molar-refractivity contribution in [2.45, 2.75) is 39.0 Å². The molecule has 0 spiro atoms. The summed E-state index contributed by atoms with van der Waals surface area (Å²) in [6.45, 7) is 8.10. The summed E-state index contributed by atoms with van der Waals surface area (Å²) >= 11 is 1.61. The molecule has 29 heavy (non-hydrogen) atoms. The second kappa shape index (κ2) is 7.95. The molecule has 1 amide bonds. The second-order valence-corrected chi connectivity index (χ2v) is 8.63. The zero-order chi connectivity index (χ0) is 20.5. The van der Waals surface area contributed by atoms with Crippen molar-refractivity contribution in [2.24, 2.45) is 0 Å². The van der Waals surface area contributed by atoms with Crippen LogP contribution in [0.4, 0.5) is 5.82 Å². The van der Waals surface area contributed by atoms with E-state index in [1.54, 1.807) is 11.8 Å². The largest absolute Gasteiger partial charge is 0.491 e. The monoisotopic (exact) mass is 407 g/mol. The highest BCUT2D eigenvalue weighted by molar-refractivity contribution is 8.00. The normalized spacial score (nSPS) is 16.3. The number of anilines is 1. The van der Waals surface area contributed by atoms with Gasteiger partial charge < -0.3 is 10.1 Å². The van der Waals surface area contributed by atoms with Crippen molar-refractivity contribution in [1.82, 2.24) is 9.78 Å². The van der Waals surface area contributed by atoms with Crippen molar-refractivity contribution < 1.29 is 9.53 Å². The molecule has 1 unspecified atom stereocenters. The molecule has 3 aromatic rings. The molecule has 1 N–H and O–H groups in total. The van der Waals surface area contributed by atoms with Gasteiger partial charge in [0.2, 0.25) is 5.91 Å². The number of carbonyl (C=O) groups excluding carboxylic acids is 1. The number of ether oxygens (including phenoxy) is 1. The maximum absolute atomic E-state index is 12.5. The highest BCUT2D eigenvalue weighted by Crippen LogP contribution is 2.46. The molecule has 0 radical (unpaired) electrons. The van der Waals surface area contributed by atoms with Crippen LogP contribution in [0.2, 0.25) is 0 Å². The van der Waals surface area contributed by atoms with Gasteiger partial charge >= 0.3 is 0 Å². The molecule has 0 bridgehead atoms. The van der Waals surface area contributed by atoms with Crippen molar-refractivity contribution in [3.63, 3.8) is 0 Å². The number of hydrogen-bond donors (Lipinski definition) is 1. The fraction of sp³-hybridized carbons (Fsp3) is 0.304. The van der Waals surface area contributed by atoms with Gasteiger partial charge in [0.15, 0.2) is 0 Å². The highest BCUT2D eigenvalue weighted by Gasteiger charge is 2.32. The van der Waals surface area contributed by atoms with Gasteiger partial charge in [-0.15, -0.1) is 11.8 Å². The first kappa shape index (κ1) is 19.6. The van der Waals surface area contributed by atoms with E-state index in [0.717, 1.165) is 34.1 Å². The fourth-order valence-electron chi connectivity index (χ4n) is 3.56. The van der Waals surface area contributed by atoms with Crippen molar-refractivity contribution in [2.75, 3.05) is 11.1 Å². The van der Waals surface area contributed by atoms with Gasteiger partial charge in [-0.1, -0.05) is 35.9 Å². The Bertz CT molecular complexity index is 1040. The van der Waals surface area contributed by atoms with E-state index in [9.17, 15) is 4.79 Å². The average molecular weight is 408 g/mol. The van der Waals surface area contributed by atoms with Crippen LogP contribution in [0.3, 0.4) is 0 Å². The number of amides is 1. The van der Waals surface area contributed by atoms with Gasteiger partial charge in [-0.2, -0.15) is 5.10 Å². The Kier molecular flexibility index (Phi) is 5.37. The predicted octanol–water partition coefficient (Wildman–Crippen LogP) is 5.05. The van der Waals surface area contributed by atoms with E-state index in [2.05, 4.69) is 30.4 Å². The molecule has 0 fully saturated rings. The number of benzene rings is 2. The maximum Gasteiger partial charge on any atom is 0.235 e. The van der Waals surface area contributed by atoms with Crippen LogP contribution >= 0.6 is 11.8 Å². The van der Waals surface area contributed by atoms with Gasteiger partial charge in [-0.3, -0.25) is 4.79 Å². The summed E-state index contributed by atoms with van der Waals surface area (Å²) in [6.07, 6.45) is 0.0718. The van der Waals surface area contributed by atoms with Crippen LogP contribution in [0.5, 0.6) is 5.75 Å². The van der Waals surface area contributed by atoms with Gasteiger partial charge in [0, 0.05) is 11.1 Å². The third kappa shape index (κ3) is 3.90. The molecular weight excluding hydrogens is 382 g/mol. The lowest BCUT2D eigenvalue weighted by Crippen LogP contribution is -2.15. The predicted molar refractivity (Wildman–Crippen MR) is 118 cm³/mol. The first-order chi connectivity index (χ1) is 13.9. The number of fused-ring (bicyclic) bond motifs is 1. The molecule has 1 aliphatic heterocycles. The van der Waals surface area contributed by atoms with Gasteiger partial charge in [-0.05, 0) is 45.9 Å². The average Bonchev–Trinajstić information content (AvgIpc) is 2.89. The van der Waals surface area contributed by atoms with Crippen molar-refractivity contribution >= 4 is 23.5 Å². The lowest BCUT2D eigenvalue weighted by molar-refractivity contribution is -0.113. The zero-order valence-electron chi connectivity index (χ0n) is 17.1. The van der Waals surface area contributed by atoms with Crippen molar-refractivity contribution in [3.05, 3.63) is 70.9 Å². The molecule has 2 aromatic carbocycles. The zero-order valence-corrected chi connectivity index (χ0v) is 17.9. The van der Waals surface area contributed by atoms with E-state index in [1.807, 2.05) is 55.8 Å². The smallest absolute Gasteiger partial charge is 0.235 e. The summed E-state index contributed by atoms with van der Waals surface area (Å²) in [5, 5.41) is 7.82. The number of aryl methyl sites for hydroxylation is 2. The molecule has 6 heteroatoms. The number of nitrogens with zero attached hydrogens (tertiary/aromatic N) is 2. The lowest BCUT2D eigenvalue weighted by Gasteiger charge is -2.20. The molecule has 0 saturated heterocycles. The first-order valence-electron chi connectivity index (χ1n) is 9.77.